The van der Waals surface area contributed by atoms with Crippen LogP contribution in [0, 0.1) is 11.3 Å². The Kier molecular flexibility index (Phi) is 7.03. The Bertz CT molecular complexity index is 452. The Balaban J connectivity index is 2.21. The molecule has 2 fully saturated rings. The van der Waals surface area contributed by atoms with Gasteiger partial charge in [-0.05, 0) is 5.41 Å². The van der Waals surface area contributed by atoms with Crippen molar-refractivity contribution >= 4 is 0 Å². The summed E-state index contributed by atoms with van der Waals surface area (Å²) in [7, 11) is 0. The molecule has 9 nitrogen and oxygen atoms in total. The predicted molar refractivity (Wildman–Crippen MR) is 89.0 cm³/mol. The van der Waals surface area contributed by atoms with E-state index in [0.29, 0.717) is 0 Å². The van der Waals surface area contributed by atoms with Gasteiger partial charge in [-0.1, -0.05) is 27.7 Å². The van der Waals surface area contributed by atoms with Crippen LogP contribution >= 0.6 is 0 Å². The van der Waals surface area contributed by atoms with Gasteiger partial charge in [-0.2, -0.15) is 0 Å². The molecule has 0 aromatic rings. The van der Waals surface area contributed by atoms with Crippen molar-refractivity contribution in [3.63, 3.8) is 0 Å². The maximum atomic E-state index is 10.7. The van der Waals surface area contributed by atoms with Crippen molar-refractivity contribution in [1.29, 1.82) is 0 Å². The van der Waals surface area contributed by atoms with Crippen LogP contribution in [0.15, 0.2) is 0 Å². The Morgan fingerprint density at radius 1 is 0.808 bits per heavy atom. The topological polar surface area (TPSA) is 149 Å². The molecule has 0 bridgehead atoms. The van der Waals surface area contributed by atoms with Gasteiger partial charge in [0, 0.05) is 5.92 Å². The van der Waals surface area contributed by atoms with E-state index in [-0.39, 0.29) is 0 Å². The van der Waals surface area contributed by atoms with Gasteiger partial charge in [-0.15, -0.1) is 0 Å². The number of aliphatic hydroxyl groups excluding tert-OH is 6. The van der Waals surface area contributed by atoms with E-state index in [1.54, 1.807) is 6.92 Å². The molecule has 1 unspecified atom stereocenters. The summed E-state index contributed by atoms with van der Waals surface area (Å²) in [6.07, 6.45) is -10.0. The van der Waals surface area contributed by atoms with Crippen LogP contribution in [-0.4, -0.2) is 99.0 Å². The maximum Gasteiger partial charge on any atom is 0.184 e. The highest BCUT2D eigenvalue weighted by molar-refractivity contribution is 4.98. The molecule has 0 aromatic heterocycles. The molecule has 0 amide bonds. The molecule has 0 aromatic carbocycles. The molecule has 2 aliphatic heterocycles. The molecule has 26 heavy (non-hydrogen) atoms. The van der Waals surface area contributed by atoms with Gasteiger partial charge in [-0.3, -0.25) is 0 Å². The average Bonchev–Trinajstić information content (AvgIpc) is 2.57. The van der Waals surface area contributed by atoms with E-state index in [0.717, 1.165) is 0 Å². The third-order valence-electron chi connectivity index (χ3n) is 5.24. The highest BCUT2D eigenvalue weighted by Crippen LogP contribution is 2.36. The minimum atomic E-state index is -1.35. The Morgan fingerprint density at radius 2 is 1.35 bits per heavy atom. The molecule has 2 rings (SSSR count). The fourth-order valence-corrected chi connectivity index (χ4v) is 3.50. The molecule has 0 aliphatic carbocycles. The van der Waals surface area contributed by atoms with E-state index in [9.17, 15) is 30.6 Å². The largest absolute Gasteiger partial charge is 0.394 e. The number of ether oxygens (including phenoxy) is 3. The maximum absolute atomic E-state index is 10.7. The summed E-state index contributed by atoms with van der Waals surface area (Å²) in [4.78, 5) is 0. The number of rotatable bonds is 4. The summed E-state index contributed by atoms with van der Waals surface area (Å²) >= 11 is 0. The van der Waals surface area contributed by atoms with Crippen molar-refractivity contribution < 1.29 is 44.8 Å². The normalized spacial score (nSPS) is 47.8. The zero-order valence-corrected chi connectivity index (χ0v) is 15.6. The summed E-state index contributed by atoms with van der Waals surface area (Å²) < 4.78 is 16.8. The Morgan fingerprint density at radius 3 is 1.85 bits per heavy atom. The second-order valence-corrected chi connectivity index (χ2v) is 8.29. The predicted octanol–water partition coefficient (Wildman–Crippen LogP) is -2.03. The summed E-state index contributed by atoms with van der Waals surface area (Å²) in [5.74, 6) is -0.646. The zero-order chi connectivity index (χ0) is 19.8. The lowest BCUT2D eigenvalue weighted by molar-refractivity contribution is -0.339. The molecule has 6 N–H and O–H groups in total. The first-order valence-electron chi connectivity index (χ1n) is 8.93. The summed E-state index contributed by atoms with van der Waals surface area (Å²) in [6.45, 7) is 6.18. The van der Waals surface area contributed by atoms with E-state index in [2.05, 4.69) is 0 Å². The minimum Gasteiger partial charge on any atom is -0.394 e. The van der Waals surface area contributed by atoms with E-state index >= 15 is 0 Å². The summed E-state index contributed by atoms with van der Waals surface area (Å²) in [6, 6.07) is 0. The number of hydrogen-bond acceptors (Lipinski definition) is 9. The van der Waals surface area contributed by atoms with Crippen LogP contribution in [0.2, 0.25) is 0 Å². The molecular weight excluding hydrogens is 348 g/mol. The van der Waals surface area contributed by atoms with E-state index in [1.807, 2.05) is 20.8 Å². The lowest BCUT2D eigenvalue weighted by Crippen LogP contribution is -2.65. The van der Waals surface area contributed by atoms with Gasteiger partial charge in [0.2, 0.25) is 0 Å². The molecule has 10 atom stereocenters. The highest BCUT2D eigenvalue weighted by Gasteiger charge is 2.52. The summed E-state index contributed by atoms with van der Waals surface area (Å²) in [5, 5.41) is 60.3. The first-order chi connectivity index (χ1) is 12.0. The molecule has 2 heterocycles. The smallest absolute Gasteiger partial charge is 0.184 e. The van der Waals surface area contributed by atoms with Gasteiger partial charge in [0.05, 0.1) is 25.4 Å². The first-order valence-corrected chi connectivity index (χ1v) is 8.93. The Labute approximate surface area is 153 Å². The molecule has 2 aliphatic rings. The molecule has 154 valence electrons. The number of hydrogen-bond donors (Lipinski definition) is 6. The first kappa shape index (κ1) is 21.9. The quantitative estimate of drug-likeness (QED) is 0.325. The van der Waals surface area contributed by atoms with Crippen LogP contribution in [0.4, 0.5) is 0 Å². The Hall–Kier alpha value is -0.360. The van der Waals surface area contributed by atoms with Crippen molar-refractivity contribution in [2.45, 2.75) is 82.8 Å². The van der Waals surface area contributed by atoms with Crippen molar-refractivity contribution in [3.8, 4) is 0 Å². The molecule has 0 spiro atoms. The monoisotopic (exact) mass is 380 g/mol. The van der Waals surface area contributed by atoms with Gasteiger partial charge >= 0.3 is 0 Å². The fraction of sp³-hybridized carbons (Fsp3) is 1.00. The van der Waals surface area contributed by atoms with Crippen LogP contribution in [-0.2, 0) is 14.2 Å². The second kappa shape index (κ2) is 8.34. The lowest BCUT2D eigenvalue weighted by atomic mass is 9.80. The van der Waals surface area contributed by atoms with Gasteiger partial charge < -0.3 is 44.8 Å². The minimum absolute atomic E-state index is 0.469. The summed E-state index contributed by atoms with van der Waals surface area (Å²) in [5.41, 5.74) is -0.502. The SMILES string of the molecule is C[C@@H]1[C@@H](O)[C@H](O[C@H]2[C@H](O)[C@@H](CO)OC(C(C)(C)C)[C@@H]2O)O[C@H](CO)[C@H]1O. The van der Waals surface area contributed by atoms with Crippen LogP contribution in [0.1, 0.15) is 27.7 Å². The fourth-order valence-electron chi connectivity index (χ4n) is 3.50. The van der Waals surface area contributed by atoms with Crippen LogP contribution < -0.4 is 0 Å². The van der Waals surface area contributed by atoms with Gasteiger partial charge in [0.25, 0.3) is 0 Å². The van der Waals surface area contributed by atoms with Crippen LogP contribution in [0.3, 0.4) is 0 Å². The van der Waals surface area contributed by atoms with Crippen molar-refractivity contribution in [2.75, 3.05) is 13.2 Å². The lowest BCUT2D eigenvalue weighted by Gasteiger charge is -2.49. The number of aliphatic hydroxyl groups is 6. The molecule has 0 radical (unpaired) electrons. The third-order valence-corrected chi connectivity index (χ3v) is 5.24. The van der Waals surface area contributed by atoms with Gasteiger partial charge in [-0.25, -0.2) is 0 Å². The standard InChI is InChI=1S/C17H32O9/c1-7-10(20)8(5-18)25-16(11(7)21)26-14-12(22)9(6-19)24-15(13(14)23)17(2,3)4/h7-16,18-23H,5-6H2,1-4H3/t7-,8+,9+,10-,11+,12+,13+,14-,15?,16-/m0/s1. The van der Waals surface area contributed by atoms with E-state index in [4.69, 9.17) is 14.2 Å². The van der Waals surface area contributed by atoms with Gasteiger partial charge in [0.15, 0.2) is 6.29 Å². The van der Waals surface area contributed by atoms with Crippen molar-refractivity contribution in [2.24, 2.45) is 11.3 Å². The van der Waals surface area contributed by atoms with E-state index < -0.39 is 79.7 Å². The van der Waals surface area contributed by atoms with Crippen LogP contribution in [0.25, 0.3) is 0 Å². The van der Waals surface area contributed by atoms with Crippen molar-refractivity contribution in [1.82, 2.24) is 0 Å². The molecule has 0 saturated carbocycles. The average molecular weight is 380 g/mol. The molecule has 2 saturated heterocycles. The molecular formula is C17H32O9. The van der Waals surface area contributed by atoms with Crippen molar-refractivity contribution in [3.05, 3.63) is 0 Å². The van der Waals surface area contributed by atoms with Crippen LogP contribution in [0.5, 0.6) is 0 Å². The van der Waals surface area contributed by atoms with E-state index in [1.165, 1.54) is 0 Å². The second-order valence-electron chi connectivity index (χ2n) is 8.29. The zero-order valence-electron chi connectivity index (χ0n) is 15.6. The highest BCUT2D eigenvalue weighted by atomic mass is 16.7. The molecule has 9 heteroatoms. The third kappa shape index (κ3) is 4.21. The van der Waals surface area contributed by atoms with Gasteiger partial charge in [0.1, 0.15) is 36.6 Å².